The molecule has 0 radical (unpaired) electrons. The van der Waals surface area contributed by atoms with Crippen LogP contribution in [-0.2, 0) is 4.79 Å². The summed E-state index contributed by atoms with van der Waals surface area (Å²) < 4.78 is 0. The summed E-state index contributed by atoms with van der Waals surface area (Å²) in [5.41, 5.74) is 2.47. The van der Waals surface area contributed by atoms with E-state index in [0.29, 0.717) is 0 Å². The van der Waals surface area contributed by atoms with Crippen molar-refractivity contribution in [3.63, 3.8) is 0 Å². The molecule has 0 aromatic rings. The molecular weight excluding hydrogens is 160 g/mol. The Morgan fingerprint density at radius 1 is 1.38 bits per heavy atom. The smallest absolute Gasteiger partial charge is 0.155 e. The number of Topliss-reactive ketones (excluding diaryl/α,β-unsaturated/α-hetero) is 1. The molecule has 0 N–H and O–H groups in total. The predicted octanol–water partition coefficient (Wildman–Crippen LogP) is 3.27. The van der Waals surface area contributed by atoms with E-state index in [-0.39, 0.29) is 5.78 Å². The van der Waals surface area contributed by atoms with Crippen molar-refractivity contribution in [2.45, 2.75) is 40.0 Å². The minimum Gasteiger partial charge on any atom is -0.295 e. The number of carbonyl (C=O) groups is 1. The van der Waals surface area contributed by atoms with Crippen LogP contribution in [0.3, 0.4) is 0 Å². The van der Waals surface area contributed by atoms with Crippen LogP contribution in [0.25, 0.3) is 0 Å². The number of allylic oxidation sites excluding steroid dienone is 4. The summed E-state index contributed by atoms with van der Waals surface area (Å²) in [4.78, 5) is 11.0. The second kappa shape index (κ2) is 4.40. The molecule has 0 atom stereocenters. The van der Waals surface area contributed by atoms with E-state index in [1.54, 1.807) is 6.92 Å². The first-order valence-corrected chi connectivity index (χ1v) is 4.99. The molecule has 0 spiro atoms. The third-order valence-corrected chi connectivity index (χ3v) is 2.36. The maximum absolute atomic E-state index is 11.0. The van der Waals surface area contributed by atoms with Gasteiger partial charge in [-0.2, -0.15) is 0 Å². The van der Waals surface area contributed by atoms with Gasteiger partial charge in [-0.3, -0.25) is 4.79 Å². The zero-order valence-corrected chi connectivity index (χ0v) is 8.76. The molecule has 1 heteroatoms. The van der Waals surface area contributed by atoms with Crippen LogP contribution in [0.5, 0.6) is 0 Å². The Kier molecular flexibility index (Phi) is 3.47. The van der Waals surface area contributed by atoms with Crippen LogP contribution in [0, 0.1) is 5.92 Å². The second-order valence-electron chi connectivity index (χ2n) is 4.17. The van der Waals surface area contributed by atoms with Gasteiger partial charge in [-0.25, -0.2) is 0 Å². The summed E-state index contributed by atoms with van der Waals surface area (Å²) in [7, 11) is 0. The lowest BCUT2D eigenvalue weighted by Gasteiger charge is -2.14. The molecule has 0 saturated carbocycles. The zero-order valence-electron chi connectivity index (χ0n) is 8.76. The maximum Gasteiger partial charge on any atom is 0.155 e. The fourth-order valence-electron chi connectivity index (χ4n) is 1.67. The Bertz CT molecular complexity index is 256. The number of hydrogen-bond donors (Lipinski definition) is 0. The summed E-state index contributed by atoms with van der Waals surface area (Å²) in [6.45, 7) is 6.10. The lowest BCUT2D eigenvalue weighted by Crippen LogP contribution is -2.02. The van der Waals surface area contributed by atoms with Gasteiger partial charge in [0.15, 0.2) is 5.78 Å². The van der Waals surface area contributed by atoms with Crippen LogP contribution < -0.4 is 0 Å². The molecule has 0 heterocycles. The second-order valence-corrected chi connectivity index (χ2v) is 4.17. The van der Waals surface area contributed by atoms with Crippen LogP contribution in [-0.4, -0.2) is 5.78 Å². The van der Waals surface area contributed by atoms with Crippen molar-refractivity contribution in [3.8, 4) is 0 Å². The molecule has 72 valence electrons. The van der Waals surface area contributed by atoms with E-state index in [1.807, 2.05) is 6.08 Å². The van der Waals surface area contributed by atoms with Gasteiger partial charge < -0.3 is 0 Å². The van der Waals surface area contributed by atoms with E-state index in [4.69, 9.17) is 0 Å². The normalized spacial score (nSPS) is 16.9. The van der Waals surface area contributed by atoms with Gasteiger partial charge in [0.1, 0.15) is 0 Å². The Balaban J connectivity index is 2.60. The summed E-state index contributed by atoms with van der Waals surface area (Å²) in [6.07, 6.45) is 7.29. The van der Waals surface area contributed by atoms with Gasteiger partial charge in [0.05, 0.1) is 0 Å². The Morgan fingerprint density at radius 3 is 2.46 bits per heavy atom. The lowest BCUT2D eigenvalue weighted by molar-refractivity contribution is -0.113. The van der Waals surface area contributed by atoms with Crippen LogP contribution >= 0.6 is 0 Å². The van der Waals surface area contributed by atoms with E-state index in [2.05, 4.69) is 19.9 Å². The number of hydrogen-bond acceptors (Lipinski definition) is 1. The van der Waals surface area contributed by atoms with Crippen molar-refractivity contribution in [2.24, 2.45) is 5.92 Å². The van der Waals surface area contributed by atoms with E-state index >= 15 is 0 Å². The fraction of sp³-hybridized carbons (Fsp3) is 0.583. The SMILES string of the molecule is CC(=O)C1=CC=C(CC(C)C)CC1. The Morgan fingerprint density at radius 2 is 2.08 bits per heavy atom. The fourth-order valence-corrected chi connectivity index (χ4v) is 1.67. The van der Waals surface area contributed by atoms with Gasteiger partial charge in [-0.15, -0.1) is 0 Å². The highest BCUT2D eigenvalue weighted by Crippen LogP contribution is 2.23. The Labute approximate surface area is 80.5 Å². The van der Waals surface area contributed by atoms with Gasteiger partial charge in [-0.05, 0) is 37.7 Å². The molecule has 0 aromatic carbocycles. The third-order valence-electron chi connectivity index (χ3n) is 2.36. The van der Waals surface area contributed by atoms with Crippen LogP contribution in [0.1, 0.15) is 40.0 Å². The third kappa shape index (κ3) is 3.17. The monoisotopic (exact) mass is 178 g/mol. The average molecular weight is 178 g/mol. The van der Waals surface area contributed by atoms with Crippen LogP contribution in [0.4, 0.5) is 0 Å². The van der Waals surface area contributed by atoms with Crippen molar-refractivity contribution < 1.29 is 4.79 Å². The van der Waals surface area contributed by atoms with Crippen molar-refractivity contribution in [1.29, 1.82) is 0 Å². The van der Waals surface area contributed by atoms with Gasteiger partial charge in [0.25, 0.3) is 0 Å². The Hall–Kier alpha value is -0.850. The molecule has 0 aliphatic heterocycles. The summed E-state index contributed by atoms with van der Waals surface area (Å²) in [6, 6.07) is 0. The molecule has 0 unspecified atom stereocenters. The molecule has 0 amide bonds. The van der Waals surface area contributed by atoms with Gasteiger partial charge in [0.2, 0.25) is 0 Å². The minimum absolute atomic E-state index is 0.222. The van der Waals surface area contributed by atoms with Crippen molar-refractivity contribution >= 4 is 5.78 Å². The van der Waals surface area contributed by atoms with Crippen molar-refractivity contribution in [1.82, 2.24) is 0 Å². The number of ketones is 1. The van der Waals surface area contributed by atoms with E-state index in [0.717, 1.165) is 24.3 Å². The number of carbonyl (C=O) groups excluding carboxylic acids is 1. The molecular formula is C12H18O. The first-order valence-electron chi connectivity index (χ1n) is 4.99. The van der Waals surface area contributed by atoms with Gasteiger partial charge in [-0.1, -0.05) is 31.6 Å². The van der Waals surface area contributed by atoms with Gasteiger partial charge >= 0.3 is 0 Å². The average Bonchev–Trinajstić information content (AvgIpc) is 2.04. The lowest BCUT2D eigenvalue weighted by atomic mass is 9.91. The molecule has 0 fully saturated rings. The molecule has 1 rings (SSSR count). The molecule has 0 bridgehead atoms. The molecule has 1 aliphatic carbocycles. The van der Waals surface area contributed by atoms with Crippen LogP contribution in [0.15, 0.2) is 23.3 Å². The van der Waals surface area contributed by atoms with E-state index in [1.165, 1.54) is 12.0 Å². The van der Waals surface area contributed by atoms with E-state index in [9.17, 15) is 4.79 Å². The number of rotatable bonds is 3. The summed E-state index contributed by atoms with van der Waals surface area (Å²) in [5.74, 6) is 0.943. The topological polar surface area (TPSA) is 17.1 Å². The molecule has 1 nitrogen and oxygen atoms in total. The van der Waals surface area contributed by atoms with Gasteiger partial charge in [0, 0.05) is 0 Å². The largest absolute Gasteiger partial charge is 0.295 e. The van der Waals surface area contributed by atoms with Crippen LogP contribution in [0.2, 0.25) is 0 Å². The molecule has 13 heavy (non-hydrogen) atoms. The first kappa shape index (κ1) is 10.2. The molecule has 0 saturated heterocycles. The highest BCUT2D eigenvalue weighted by Gasteiger charge is 2.10. The maximum atomic E-state index is 11.0. The standard InChI is InChI=1S/C12H18O/c1-9(2)8-11-4-6-12(7-5-11)10(3)13/h4,6,9H,5,7-8H2,1-3H3. The zero-order chi connectivity index (χ0) is 9.84. The molecule has 0 aromatic heterocycles. The summed E-state index contributed by atoms with van der Waals surface area (Å²) in [5, 5.41) is 0. The molecule has 1 aliphatic rings. The first-order chi connectivity index (χ1) is 6.09. The highest BCUT2D eigenvalue weighted by molar-refractivity contribution is 5.93. The highest BCUT2D eigenvalue weighted by atomic mass is 16.1. The summed E-state index contributed by atoms with van der Waals surface area (Å²) >= 11 is 0. The minimum atomic E-state index is 0.222. The van der Waals surface area contributed by atoms with Crippen molar-refractivity contribution in [3.05, 3.63) is 23.3 Å². The van der Waals surface area contributed by atoms with Crippen molar-refractivity contribution in [2.75, 3.05) is 0 Å². The van der Waals surface area contributed by atoms with E-state index < -0.39 is 0 Å². The quantitative estimate of drug-likeness (QED) is 0.648. The predicted molar refractivity (Wildman–Crippen MR) is 55.5 cm³/mol.